The normalized spacial score (nSPS) is 12.3. The van der Waals surface area contributed by atoms with Gasteiger partial charge in [-0.2, -0.15) is 21.4 Å². The molecule has 0 aliphatic carbocycles. The lowest BCUT2D eigenvalue weighted by atomic mass is 10.2. The van der Waals surface area contributed by atoms with Gasteiger partial charge in [0.15, 0.2) is 0 Å². The van der Waals surface area contributed by atoms with E-state index in [1.165, 1.54) is 0 Å². The molecule has 0 unspecified atom stereocenters. The third-order valence-electron chi connectivity index (χ3n) is 2.20. The topological polar surface area (TPSA) is 64.3 Å². The van der Waals surface area contributed by atoms with Crippen LogP contribution in [0.2, 0.25) is 0 Å². The van der Waals surface area contributed by atoms with Gasteiger partial charge in [0.1, 0.15) is 6.04 Å². The van der Waals surface area contributed by atoms with Crippen molar-refractivity contribution in [3.05, 3.63) is 29.1 Å². The Balaban J connectivity index is 3.13. The van der Waals surface area contributed by atoms with Crippen molar-refractivity contribution in [2.75, 3.05) is 12.4 Å². The van der Waals surface area contributed by atoms with E-state index < -0.39 is 46.8 Å². The molecule has 1 aromatic carbocycles. The Hall–Kier alpha value is -1.39. The third-order valence-corrected chi connectivity index (χ3v) is 2.57. The maximum absolute atomic E-state index is 13.3. The van der Waals surface area contributed by atoms with Crippen LogP contribution in [0.15, 0.2) is 0 Å². The summed E-state index contributed by atoms with van der Waals surface area (Å²) in [7, 11) is 0. The van der Waals surface area contributed by atoms with Gasteiger partial charge in [-0.3, -0.25) is 5.32 Å². The zero-order valence-electron chi connectivity index (χ0n) is 9.72. The molecule has 0 amide bonds. The number of carbonyl (C=O) groups is 1. The van der Waals surface area contributed by atoms with Crippen LogP contribution in [0.5, 0.6) is 5.75 Å². The van der Waals surface area contributed by atoms with Gasteiger partial charge < -0.3 is 10.5 Å². The molecular formula is C10H9F5N2O2S. The number of rotatable bonds is 5. The first-order valence-corrected chi connectivity index (χ1v) is 5.75. The summed E-state index contributed by atoms with van der Waals surface area (Å²) in [6.07, 6.45) is 0. The van der Waals surface area contributed by atoms with Crippen LogP contribution in [0.1, 0.15) is 0 Å². The molecule has 112 valence electrons. The van der Waals surface area contributed by atoms with Crippen molar-refractivity contribution in [1.82, 2.24) is 5.32 Å². The number of thiol groups is 1. The molecule has 0 aliphatic heterocycles. The molecule has 0 saturated heterocycles. The van der Waals surface area contributed by atoms with Gasteiger partial charge >= 0.3 is 5.97 Å². The highest BCUT2D eigenvalue weighted by atomic mass is 32.1. The van der Waals surface area contributed by atoms with Gasteiger partial charge in [0, 0.05) is 12.4 Å². The minimum absolute atomic E-state index is 0.161. The fraction of sp³-hybridized carbons (Fsp3) is 0.300. The summed E-state index contributed by atoms with van der Waals surface area (Å²) in [5.74, 6) is -14.3. The Labute approximate surface area is 115 Å². The van der Waals surface area contributed by atoms with E-state index >= 15 is 0 Å². The van der Waals surface area contributed by atoms with E-state index in [1.54, 1.807) is 0 Å². The van der Waals surface area contributed by atoms with Crippen molar-refractivity contribution < 1.29 is 31.5 Å². The number of esters is 1. The minimum Gasteiger partial charge on any atom is -0.419 e. The summed E-state index contributed by atoms with van der Waals surface area (Å²) in [6.45, 7) is -0.183. The van der Waals surface area contributed by atoms with Crippen LogP contribution in [0.4, 0.5) is 22.0 Å². The number of halogens is 5. The van der Waals surface area contributed by atoms with Crippen molar-refractivity contribution >= 4 is 18.6 Å². The van der Waals surface area contributed by atoms with Crippen LogP contribution >= 0.6 is 12.6 Å². The quantitative estimate of drug-likeness (QED) is 0.145. The molecule has 0 bridgehead atoms. The Morgan fingerprint density at radius 2 is 1.55 bits per heavy atom. The second-order valence-corrected chi connectivity index (χ2v) is 3.83. The van der Waals surface area contributed by atoms with E-state index in [1.807, 2.05) is 0 Å². The summed E-state index contributed by atoms with van der Waals surface area (Å²) in [4.78, 5) is 11.5. The molecule has 1 rings (SSSR count). The molecule has 0 saturated carbocycles. The number of hydrogen-bond acceptors (Lipinski definition) is 5. The fourth-order valence-corrected chi connectivity index (χ4v) is 1.49. The molecule has 4 nitrogen and oxygen atoms in total. The van der Waals surface area contributed by atoms with E-state index in [-0.39, 0.29) is 12.4 Å². The van der Waals surface area contributed by atoms with Gasteiger partial charge in [-0.05, 0) is 0 Å². The van der Waals surface area contributed by atoms with Gasteiger partial charge in [-0.15, -0.1) is 0 Å². The van der Waals surface area contributed by atoms with Crippen LogP contribution in [0.25, 0.3) is 0 Å². The SMILES string of the molecule is NCN[C@@H](CS)C(=O)Oc1c(F)c(F)c(F)c(F)c1F. The van der Waals surface area contributed by atoms with Crippen LogP contribution < -0.4 is 15.8 Å². The lowest BCUT2D eigenvalue weighted by Gasteiger charge is -2.15. The predicted octanol–water partition coefficient (Wildman–Crippen LogP) is 1.09. The summed E-state index contributed by atoms with van der Waals surface area (Å²) in [5, 5.41) is 2.35. The first kappa shape index (κ1) is 16.7. The maximum Gasteiger partial charge on any atom is 0.329 e. The molecule has 10 heteroatoms. The van der Waals surface area contributed by atoms with Gasteiger partial charge in [0.2, 0.25) is 34.8 Å². The van der Waals surface area contributed by atoms with Gasteiger partial charge in [0.05, 0.1) is 0 Å². The van der Waals surface area contributed by atoms with Crippen LogP contribution in [0, 0.1) is 29.1 Å². The molecule has 0 aromatic heterocycles. The largest absolute Gasteiger partial charge is 0.419 e. The number of nitrogens with two attached hydrogens (primary N) is 1. The van der Waals surface area contributed by atoms with Crippen LogP contribution in [-0.4, -0.2) is 24.4 Å². The Bertz CT molecular complexity index is 500. The number of ether oxygens (including phenoxy) is 1. The second-order valence-electron chi connectivity index (χ2n) is 3.46. The molecule has 0 spiro atoms. The molecule has 0 aliphatic rings. The summed E-state index contributed by atoms with van der Waals surface area (Å²) < 4.78 is 69.2. The maximum atomic E-state index is 13.3. The smallest absolute Gasteiger partial charge is 0.329 e. The molecule has 3 N–H and O–H groups in total. The van der Waals surface area contributed by atoms with E-state index in [9.17, 15) is 26.7 Å². The first-order chi connectivity index (χ1) is 9.34. The molecule has 20 heavy (non-hydrogen) atoms. The van der Waals surface area contributed by atoms with Gasteiger partial charge in [-0.25, -0.2) is 18.0 Å². The monoisotopic (exact) mass is 316 g/mol. The molecular weight excluding hydrogens is 307 g/mol. The second kappa shape index (κ2) is 6.86. The average Bonchev–Trinajstić information content (AvgIpc) is 2.44. The Kier molecular flexibility index (Phi) is 5.72. The summed E-state index contributed by atoms with van der Waals surface area (Å²) in [5.41, 5.74) is 5.09. The summed E-state index contributed by atoms with van der Waals surface area (Å²) >= 11 is 3.75. The van der Waals surface area contributed by atoms with Crippen LogP contribution in [-0.2, 0) is 4.79 Å². The molecule has 0 radical (unpaired) electrons. The highest BCUT2D eigenvalue weighted by Crippen LogP contribution is 2.29. The third kappa shape index (κ3) is 3.19. The number of hydrogen-bond donors (Lipinski definition) is 3. The minimum atomic E-state index is -2.34. The molecule has 1 atom stereocenters. The Morgan fingerprint density at radius 1 is 1.10 bits per heavy atom. The predicted molar refractivity (Wildman–Crippen MR) is 61.7 cm³/mol. The zero-order valence-corrected chi connectivity index (χ0v) is 10.6. The molecule has 0 heterocycles. The number of nitrogens with one attached hydrogen (secondary N) is 1. The standard InChI is InChI=1S/C10H9F5N2O2S/c11-4-5(12)7(14)9(8(15)6(4)13)19-10(18)3(1-20)17-2-16/h3,17,20H,1-2,16H2/t3-/m0/s1. The highest BCUT2D eigenvalue weighted by Gasteiger charge is 2.30. The van der Waals surface area contributed by atoms with E-state index in [0.29, 0.717) is 0 Å². The van der Waals surface area contributed by atoms with Crippen molar-refractivity contribution in [2.24, 2.45) is 5.73 Å². The molecule has 0 fully saturated rings. The van der Waals surface area contributed by atoms with Gasteiger partial charge in [0.25, 0.3) is 0 Å². The lowest BCUT2D eigenvalue weighted by Crippen LogP contribution is -2.43. The van der Waals surface area contributed by atoms with Crippen molar-refractivity contribution in [1.29, 1.82) is 0 Å². The lowest BCUT2D eigenvalue weighted by molar-refractivity contribution is -0.136. The van der Waals surface area contributed by atoms with Gasteiger partial charge in [-0.1, -0.05) is 0 Å². The molecule has 1 aromatic rings. The van der Waals surface area contributed by atoms with Crippen molar-refractivity contribution in [2.45, 2.75) is 6.04 Å². The van der Waals surface area contributed by atoms with Crippen molar-refractivity contribution in [3.8, 4) is 5.75 Å². The fourth-order valence-electron chi connectivity index (χ4n) is 1.21. The van der Waals surface area contributed by atoms with Crippen molar-refractivity contribution in [3.63, 3.8) is 0 Å². The number of carbonyl (C=O) groups excluding carboxylic acids is 1. The van der Waals surface area contributed by atoms with E-state index in [4.69, 9.17) is 5.73 Å². The van der Waals surface area contributed by atoms with Crippen LogP contribution in [0.3, 0.4) is 0 Å². The van der Waals surface area contributed by atoms with E-state index in [0.717, 1.165) is 0 Å². The summed E-state index contributed by atoms with van der Waals surface area (Å²) in [6, 6.07) is -1.17. The zero-order chi connectivity index (χ0) is 15.4. The first-order valence-electron chi connectivity index (χ1n) is 5.12. The average molecular weight is 316 g/mol. The Morgan fingerprint density at radius 3 is 1.95 bits per heavy atom. The van der Waals surface area contributed by atoms with E-state index in [2.05, 4.69) is 22.7 Å². The highest BCUT2D eigenvalue weighted by molar-refractivity contribution is 7.80. The number of benzene rings is 1.